The second kappa shape index (κ2) is 7.03. The number of hydrogen-bond donors (Lipinski definition) is 1. The normalized spacial score (nSPS) is 17.9. The van der Waals surface area contributed by atoms with Crippen LogP contribution in [0.5, 0.6) is 6.01 Å². The lowest BCUT2D eigenvalue weighted by molar-refractivity contribution is 0.0299. The van der Waals surface area contributed by atoms with Crippen molar-refractivity contribution in [3.8, 4) is 6.01 Å². The Morgan fingerprint density at radius 2 is 2.09 bits per heavy atom. The van der Waals surface area contributed by atoms with Crippen molar-refractivity contribution < 1.29 is 9.84 Å². The third-order valence-corrected chi connectivity index (χ3v) is 4.38. The minimum Gasteiger partial charge on any atom is -0.480 e. The summed E-state index contributed by atoms with van der Waals surface area (Å²) < 4.78 is 7.30. The highest BCUT2D eigenvalue weighted by molar-refractivity contribution is 6.31. The fraction of sp³-hybridized carbons (Fsp3) is 0.625. The average Bonchev–Trinajstić information content (AvgIpc) is 2.82. The molecule has 1 fully saturated rings. The zero-order valence-corrected chi connectivity index (χ0v) is 14.3. The first-order valence-electron chi connectivity index (χ1n) is 8.07. The molecular formula is C16H23ClN4O2. The van der Waals surface area contributed by atoms with Gasteiger partial charge in [-0.15, -0.1) is 0 Å². The molecule has 0 aromatic carbocycles. The smallest absolute Gasteiger partial charge is 0.296 e. The van der Waals surface area contributed by atoms with Gasteiger partial charge in [0, 0.05) is 25.8 Å². The summed E-state index contributed by atoms with van der Waals surface area (Å²) in [5.74, 6) is 0.505. The van der Waals surface area contributed by atoms with Crippen LogP contribution in [0.1, 0.15) is 26.3 Å². The molecule has 6 nitrogen and oxygen atoms in total. The van der Waals surface area contributed by atoms with Crippen LogP contribution in [-0.2, 0) is 4.74 Å². The predicted molar refractivity (Wildman–Crippen MR) is 90.0 cm³/mol. The molecule has 1 aliphatic rings. The SMILES string of the molecule is CC(C)C[C@@H](CN1CCOCC1)n1c(O)nc2ncc(Cl)cc21. The Morgan fingerprint density at radius 1 is 1.35 bits per heavy atom. The molecule has 3 rings (SSSR count). The van der Waals surface area contributed by atoms with Crippen molar-refractivity contribution in [3.05, 3.63) is 17.3 Å². The zero-order valence-electron chi connectivity index (χ0n) is 13.6. The molecule has 7 heteroatoms. The molecule has 1 aliphatic heterocycles. The number of nitrogens with zero attached hydrogens (tertiary/aromatic N) is 4. The van der Waals surface area contributed by atoms with E-state index in [1.165, 1.54) is 0 Å². The third kappa shape index (κ3) is 3.76. The van der Waals surface area contributed by atoms with E-state index >= 15 is 0 Å². The van der Waals surface area contributed by atoms with Crippen LogP contribution in [-0.4, -0.2) is 57.4 Å². The maximum Gasteiger partial charge on any atom is 0.296 e. The fourth-order valence-corrected chi connectivity index (χ4v) is 3.34. The highest BCUT2D eigenvalue weighted by Crippen LogP contribution is 2.30. The second-order valence-corrected chi connectivity index (χ2v) is 6.91. The van der Waals surface area contributed by atoms with E-state index in [4.69, 9.17) is 16.3 Å². The lowest BCUT2D eigenvalue weighted by Crippen LogP contribution is -2.40. The van der Waals surface area contributed by atoms with Crippen LogP contribution in [0.3, 0.4) is 0 Å². The monoisotopic (exact) mass is 338 g/mol. The van der Waals surface area contributed by atoms with Crippen LogP contribution in [0.4, 0.5) is 0 Å². The number of pyridine rings is 1. The average molecular weight is 339 g/mol. The van der Waals surface area contributed by atoms with Gasteiger partial charge in [-0.25, -0.2) is 4.98 Å². The molecule has 1 N–H and O–H groups in total. The summed E-state index contributed by atoms with van der Waals surface area (Å²) in [4.78, 5) is 10.8. The van der Waals surface area contributed by atoms with Gasteiger partial charge in [0.2, 0.25) is 0 Å². The fourth-order valence-electron chi connectivity index (χ4n) is 3.19. The molecule has 23 heavy (non-hydrogen) atoms. The number of fused-ring (bicyclic) bond motifs is 1. The van der Waals surface area contributed by atoms with Gasteiger partial charge < -0.3 is 9.84 Å². The predicted octanol–water partition coefficient (Wildman–Crippen LogP) is 2.71. The van der Waals surface area contributed by atoms with Gasteiger partial charge in [-0.1, -0.05) is 25.4 Å². The quantitative estimate of drug-likeness (QED) is 0.908. The Labute approximate surface area is 141 Å². The van der Waals surface area contributed by atoms with Gasteiger partial charge in [-0.2, -0.15) is 4.98 Å². The number of halogens is 1. The Balaban J connectivity index is 1.94. The maximum absolute atomic E-state index is 10.4. The van der Waals surface area contributed by atoms with Crippen molar-refractivity contribution in [2.45, 2.75) is 26.3 Å². The largest absolute Gasteiger partial charge is 0.480 e. The molecule has 126 valence electrons. The standard InChI is InChI=1S/C16H23ClN4O2/c1-11(2)7-13(10-20-3-5-23-6-4-20)21-14-8-12(17)9-18-15(14)19-16(21)22/h8-9,11,13H,3-7,10H2,1-2H3,(H,18,19,22)/t13-/m0/s1. The Hall–Kier alpha value is -1.37. The molecule has 2 aromatic heterocycles. The molecule has 0 aliphatic carbocycles. The van der Waals surface area contributed by atoms with Crippen molar-refractivity contribution in [2.75, 3.05) is 32.8 Å². The van der Waals surface area contributed by atoms with E-state index in [9.17, 15) is 5.11 Å². The van der Waals surface area contributed by atoms with Crippen LogP contribution in [0, 0.1) is 5.92 Å². The minimum absolute atomic E-state index is 0.00803. The first-order valence-corrected chi connectivity index (χ1v) is 8.45. The summed E-state index contributed by atoms with van der Waals surface area (Å²) in [7, 11) is 0. The van der Waals surface area contributed by atoms with Gasteiger partial charge in [-0.05, 0) is 18.4 Å². The van der Waals surface area contributed by atoms with Crippen molar-refractivity contribution in [2.24, 2.45) is 5.92 Å². The number of ether oxygens (including phenoxy) is 1. The van der Waals surface area contributed by atoms with Gasteiger partial charge in [0.1, 0.15) is 0 Å². The molecule has 0 bridgehead atoms. The first-order chi connectivity index (χ1) is 11.0. The van der Waals surface area contributed by atoms with Crippen molar-refractivity contribution in [1.82, 2.24) is 19.4 Å². The molecule has 1 atom stereocenters. The lowest BCUT2D eigenvalue weighted by atomic mass is 10.0. The Kier molecular flexibility index (Phi) is 5.04. The number of morpholine rings is 1. The van der Waals surface area contributed by atoms with Gasteiger partial charge in [0.05, 0.1) is 29.8 Å². The highest BCUT2D eigenvalue weighted by atomic mass is 35.5. The van der Waals surface area contributed by atoms with Gasteiger partial charge >= 0.3 is 0 Å². The number of hydrogen-bond acceptors (Lipinski definition) is 5. The van der Waals surface area contributed by atoms with E-state index in [2.05, 4.69) is 28.7 Å². The molecule has 3 heterocycles. The molecule has 0 saturated carbocycles. The summed E-state index contributed by atoms with van der Waals surface area (Å²) in [5.41, 5.74) is 1.32. The van der Waals surface area contributed by atoms with Crippen molar-refractivity contribution in [3.63, 3.8) is 0 Å². The van der Waals surface area contributed by atoms with E-state index in [-0.39, 0.29) is 12.1 Å². The number of aromatic nitrogens is 3. The topological polar surface area (TPSA) is 63.4 Å². The number of rotatable bonds is 5. The van der Waals surface area contributed by atoms with Gasteiger partial charge in [-0.3, -0.25) is 9.47 Å². The third-order valence-electron chi connectivity index (χ3n) is 4.18. The van der Waals surface area contributed by atoms with E-state index in [1.807, 2.05) is 10.6 Å². The van der Waals surface area contributed by atoms with Crippen LogP contribution in [0.15, 0.2) is 12.3 Å². The lowest BCUT2D eigenvalue weighted by Gasteiger charge is -2.32. The van der Waals surface area contributed by atoms with Crippen LogP contribution in [0.25, 0.3) is 11.2 Å². The van der Waals surface area contributed by atoms with E-state index in [0.29, 0.717) is 16.6 Å². The zero-order chi connectivity index (χ0) is 16.4. The highest BCUT2D eigenvalue weighted by Gasteiger charge is 2.24. The maximum atomic E-state index is 10.4. The minimum atomic E-state index is 0.00803. The summed E-state index contributed by atoms with van der Waals surface area (Å²) in [5, 5.41) is 10.9. The van der Waals surface area contributed by atoms with E-state index in [1.54, 1.807) is 6.20 Å². The number of aromatic hydroxyl groups is 1. The van der Waals surface area contributed by atoms with E-state index < -0.39 is 0 Å². The summed E-state index contributed by atoms with van der Waals surface area (Å²) in [6.45, 7) is 8.59. The van der Waals surface area contributed by atoms with Crippen LogP contribution >= 0.6 is 11.6 Å². The second-order valence-electron chi connectivity index (χ2n) is 6.47. The Bertz CT molecular complexity index is 667. The first kappa shape index (κ1) is 16.5. The molecule has 2 aromatic rings. The van der Waals surface area contributed by atoms with Crippen LogP contribution < -0.4 is 0 Å². The molecule has 0 amide bonds. The summed E-state index contributed by atoms with van der Waals surface area (Å²) in [6.07, 6.45) is 2.50. The molecule has 0 spiro atoms. The molecular weight excluding hydrogens is 316 g/mol. The van der Waals surface area contributed by atoms with Crippen molar-refractivity contribution >= 4 is 22.8 Å². The molecule has 0 unspecified atom stereocenters. The summed E-state index contributed by atoms with van der Waals surface area (Å²) in [6, 6.07) is 1.95. The molecule has 0 radical (unpaired) electrons. The number of imidazole rings is 1. The Morgan fingerprint density at radius 3 is 2.78 bits per heavy atom. The van der Waals surface area contributed by atoms with E-state index in [0.717, 1.165) is 44.8 Å². The summed E-state index contributed by atoms with van der Waals surface area (Å²) >= 11 is 6.09. The van der Waals surface area contributed by atoms with Crippen LogP contribution in [0.2, 0.25) is 5.02 Å². The molecule has 1 saturated heterocycles. The van der Waals surface area contributed by atoms with Gasteiger partial charge in [0.15, 0.2) is 5.65 Å². The van der Waals surface area contributed by atoms with Gasteiger partial charge in [0.25, 0.3) is 6.01 Å². The van der Waals surface area contributed by atoms with Crippen molar-refractivity contribution in [1.29, 1.82) is 0 Å².